The Labute approximate surface area is 150 Å². The van der Waals surface area contributed by atoms with Crippen molar-refractivity contribution >= 4 is 5.91 Å². The van der Waals surface area contributed by atoms with Crippen molar-refractivity contribution in [3.8, 4) is 0 Å². The van der Waals surface area contributed by atoms with Crippen molar-refractivity contribution < 1.29 is 14.3 Å². The maximum absolute atomic E-state index is 12.6. The van der Waals surface area contributed by atoms with Crippen LogP contribution >= 0.6 is 0 Å². The molecule has 136 valence electrons. The number of rotatable bonds is 3. The first-order valence-electron chi connectivity index (χ1n) is 9.76. The molecule has 0 radical (unpaired) electrons. The predicted molar refractivity (Wildman–Crippen MR) is 96.6 cm³/mol. The third kappa shape index (κ3) is 3.00. The molecule has 2 heterocycles. The lowest BCUT2D eigenvalue weighted by Gasteiger charge is -2.41. The number of aryl methyl sites for hydroxylation is 1. The van der Waals surface area contributed by atoms with E-state index in [1.54, 1.807) is 0 Å². The van der Waals surface area contributed by atoms with Gasteiger partial charge >= 0.3 is 0 Å². The fourth-order valence-electron chi connectivity index (χ4n) is 4.96. The second-order valence-corrected chi connectivity index (χ2v) is 7.85. The summed E-state index contributed by atoms with van der Waals surface area (Å²) in [5, 5.41) is 0. The van der Waals surface area contributed by atoms with E-state index in [9.17, 15) is 4.79 Å². The Morgan fingerprint density at radius 1 is 1.36 bits per heavy atom. The summed E-state index contributed by atoms with van der Waals surface area (Å²) in [6, 6.07) is 6.83. The molecule has 4 rings (SSSR count). The van der Waals surface area contributed by atoms with Gasteiger partial charge in [-0.15, -0.1) is 0 Å². The minimum atomic E-state index is -0.191. The quantitative estimate of drug-likeness (QED) is 0.843. The topological polar surface area (TPSA) is 38.8 Å². The number of ether oxygens (including phenoxy) is 2. The van der Waals surface area contributed by atoms with Crippen LogP contribution in [0.4, 0.5) is 0 Å². The van der Waals surface area contributed by atoms with Crippen LogP contribution in [0.3, 0.4) is 0 Å². The molecule has 1 aliphatic carbocycles. The predicted octanol–water partition coefficient (Wildman–Crippen LogP) is 3.52. The Hall–Kier alpha value is -1.39. The first kappa shape index (κ1) is 17.0. The largest absolute Gasteiger partial charge is 0.374 e. The molecular weight excluding hydrogens is 314 g/mol. The number of piperidine rings is 1. The van der Waals surface area contributed by atoms with Gasteiger partial charge in [-0.3, -0.25) is 4.79 Å². The second kappa shape index (κ2) is 6.73. The maximum atomic E-state index is 12.6. The summed E-state index contributed by atoms with van der Waals surface area (Å²) < 4.78 is 11.7. The Morgan fingerprint density at radius 3 is 2.84 bits per heavy atom. The number of hydrogen-bond donors (Lipinski definition) is 0. The molecule has 4 nitrogen and oxygen atoms in total. The van der Waals surface area contributed by atoms with Gasteiger partial charge in [0.25, 0.3) is 5.91 Å². The van der Waals surface area contributed by atoms with Crippen LogP contribution < -0.4 is 0 Å². The third-order valence-electron chi connectivity index (χ3n) is 6.31. The smallest absolute Gasteiger partial charge is 0.251 e. The lowest BCUT2D eigenvalue weighted by Crippen LogP contribution is -2.47. The molecule has 4 heteroatoms. The van der Waals surface area contributed by atoms with E-state index in [1.807, 2.05) is 4.90 Å². The molecule has 2 fully saturated rings. The van der Waals surface area contributed by atoms with Gasteiger partial charge in [0.15, 0.2) is 0 Å². The van der Waals surface area contributed by atoms with Gasteiger partial charge in [0.05, 0.1) is 6.10 Å². The summed E-state index contributed by atoms with van der Waals surface area (Å²) in [6.07, 6.45) is 5.04. The highest BCUT2D eigenvalue weighted by Crippen LogP contribution is 2.52. The zero-order chi connectivity index (χ0) is 17.4. The van der Waals surface area contributed by atoms with Gasteiger partial charge in [0.2, 0.25) is 0 Å². The van der Waals surface area contributed by atoms with E-state index in [1.165, 1.54) is 16.7 Å². The molecular formula is C21H29NO3. The standard InChI is InChI=1S/C21H29NO3/c1-3-24-19-14-21(17-7-6-15(2)13-16(17)19)8-10-22(11-9-21)20(23)18-5-4-12-25-18/h6-7,13,18-19H,3-5,8-12,14H2,1-2H3/t18-,19?/m0/s1. The number of benzene rings is 1. The fraction of sp³-hybridized carbons (Fsp3) is 0.667. The molecule has 0 bridgehead atoms. The van der Waals surface area contributed by atoms with Crippen molar-refractivity contribution in [1.29, 1.82) is 0 Å². The van der Waals surface area contributed by atoms with Crippen molar-refractivity contribution in [2.45, 2.75) is 63.6 Å². The molecule has 1 aromatic carbocycles. The zero-order valence-electron chi connectivity index (χ0n) is 15.4. The molecule has 1 amide bonds. The van der Waals surface area contributed by atoms with E-state index >= 15 is 0 Å². The molecule has 0 N–H and O–H groups in total. The van der Waals surface area contributed by atoms with Gasteiger partial charge in [-0.1, -0.05) is 23.8 Å². The highest BCUT2D eigenvalue weighted by Gasteiger charge is 2.46. The van der Waals surface area contributed by atoms with Crippen LogP contribution in [0.1, 0.15) is 61.8 Å². The molecule has 1 spiro atoms. The molecule has 1 unspecified atom stereocenters. The van der Waals surface area contributed by atoms with E-state index < -0.39 is 0 Å². The number of likely N-dealkylation sites (tertiary alicyclic amines) is 1. The van der Waals surface area contributed by atoms with E-state index in [0.717, 1.165) is 58.4 Å². The van der Waals surface area contributed by atoms with Gasteiger partial charge in [0, 0.05) is 31.7 Å². The van der Waals surface area contributed by atoms with Crippen molar-refractivity contribution in [2.24, 2.45) is 0 Å². The van der Waals surface area contributed by atoms with Crippen LogP contribution in [0.5, 0.6) is 0 Å². The lowest BCUT2D eigenvalue weighted by molar-refractivity contribution is -0.142. The highest BCUT2D eigenvalue weighted by atomic mass is 16.5. The highest BCUT2D eigenvalue weighted by molar-refractivity contribution is 5.81. The van der Waals surface area contributed by atoms with Gasteiger partial charge in [-0.05, 0) is 57.1 Å². The average Bonchev–Trinajstić information content (AvgIpc) is 3.24. The minimum Gasteiger partial charge on any atom is -0.374 e. The summed E-state index contributed by atoms with van der Waals surface area (Å²) in [7, 11) is 0. The molecule has 2 atom stereocenters. The molecule has 0 aromatic heterocycles. The van der Waals surface area contributed by atoms with Crippen LogP contribution in [0, 0.1) is 6.92 Å². The summed E-state index contributed by atoms with van der Waals surface area (Å²) in [4.78, 5) is 14.7. The summed E-state index contributed by atoms with van der Waals surface area (Å²) in [5.41, 5.74) is 4.31. The zero-order valence-corrected chi connectivity index (χ0v) is 15.4. The van der Waals surface area contributed by atoms with E-state index in [2.05, 4.69) is 32.0 Å². The van der Waals surface area contributed by atoms with Gasteiger partial charge < -0.3 is 14.4 Å². The Morgan fingerprint density at radius 2 is 2.16 bits per heavy atom. The third-order valence-corrected chi connectivity index (χ3v) is 6.31. The Kier molecular flexibility index (Phi) is 4.59. The molecule has 2 saturated heterocycles. The van der Waals surface area contributed by atoms with Gasteiger partial charge in [-0.2, -0.15) is 0 Å². The molecule has 0 saturated carbocycles. The number of nitrogens with zero attached hydrogens (tertiary/aromatic N) is 1. The SMILES string of the molecule is CCOC1CC2(CCN(C(=O)[C@@H]3CCCO3)CC2)c2ccc(C)cc21. The van der Waals surface area contributed by atoms with Crippen LogP contribution in [0.25, 0.3) is 0 Å². The van der Waals surface area contributed by atoms with Crippen molar-refractivity contribution in [3.05, 3.63) is 34.9 Å². The summed E-state index contributed by atoms with van der Waals surface area (Å²) in [5.74, 6) is 0.204. The average molecular weight is 343 g/mol. The molecule has 2 aliphatic heterocycles. The summed E-state index contributed by atoms with van der Waals surface area (Å²) in [6.45, 7) is 7.38. The first-order valence-corrected chi connectivity index (χ1v) is 9.76. The normalized spacial score (nSPS) is 27.7. The van der Waals surface area contributed by atoms with E-state index in [4.69, 9.17) is 9.47 Å². The van der Waals surface area contributed by atoms with Crippen molar-refractivity contribution in [2.75, 3.05) is 26.3 Å². The molecule has 3 aliphatic rings. The maximum Gasteiger partial charge on any atom is 0.251 e. The molecule has 25 heavy (non-hydrogen) atoms. The Balaban J connectivity index is 1.51. The van der Waals surface area contributed by atoms with Gasteiger partial charge in [0.1, 0.15) is 6.10 Å². The van der Waals surface area contributed by atoms with Gasteiger partial charge in [-0.25, -0.2) is 0 Å². The minimum absolute atomic E-state index is 0.177. The number of fused-ring (bicyclic) bond motifs is 2. The number of carbonyl (C=O) groups excluding carboxylic acids is 1. The summed E-state index contributed by atoms with van der Waals surface area (Å²) >= 11 is 0. The second-order valence-electron chi connectivity index (χ2n) is 7.85. The van der Waals surface area contributed by atoms with Crippen LogP contribution in [0.2, 0.25) is 0 Å². The fourth-order valence-corrected chi connectivity index (χ4v) is 4.96. The van der Waals surface area contributed by atoms with Crippen LogP contribution in [-0.4, -0.2) is 43.2 Å². The first-order chi connectivity index (χ1) is 12.1. The molecule has 1 aromatic rings. The number of carbonyl (C=O) groups is 1. The van der Waals surface area contributed by atoms with E-state index in [0.29, 0.717) is 0 Å². The van der Waals surface area contributed by atoms with E-state index in [-0.39, 0.29) is 23.5 Å². The monoisotopic (exact) mass is 343 g/mol. The number of amides is 1. The number of hydrogen-bond acceptors (Lipinski definition) is 3. The lowest BCUT2D eigenvalue weighted by atomic mass is 9.73. The van der Waals surface area contributed by atoms with Crippen molar-refractivity contribution in [3.63, 3.8) is 0 Å². The Bertz CT molecular complexity index is 643. The van der Waals surface area contributed by atoms with Crippen LogP contribution in [0.15, 0.2) is 18.2 Å². The van der Waals surface area contributed by atoms with Crippen LogP contribution in [-0.2, 0) is 19.7 Å². The van der Waals surface area contributed by atoms with Crippen molar-refractivity contribution in [1.82, 2.24) is 4.90 Å².